The molecule has 0 saturated carbocycles. The van der Waals surface area contributed by atoms with Gasteiger partial charge in [0.15, 0.2) is 0 Å². The first-order valence-electron chi connectivity index (χ1n) is 9.26. The Morgan fingerprint density at radius 3 is 2.96 bits per heavy atom. The van der Waals surface area contributed by atoms with Gasteiger partial charge in [0.25, 0.3) is 5.91 Å². The van der Waals surface area contributed by atoms with Crippen LogP contribution in [-0.2, 0) is 11.3 Å². The number of nitrogens with one attached hydrogen (secondary N) is 3. The number of rotatable bonds is 5. The molecule has 0 aliphatic carbocycles. The van der Waals surface area contributed by atoms with E-state index in [1.165, 1.54) is 18.6 Å². The number of imidazole rings is 1. The average Bonchev–Trinajstić information content (AvgIpc) is 3.34. The maximum atomic E-state index is 13.1. The van der Waals surface area contributed by atoms with E-state index in [0.29, 0.717) is 25.2 Å². The Kier molecular flexibility index (Phi) is 4.85. The van der Waals surface area contributed by atoms with Crippen LogP contribution in [-0.4, -0.2) is 61.3 Å². The Bertz CT molecular complexity index is 795. The van der Waals surface area contributed by atoms with Crippen LogP contribution in [0.4, 0.5) is 0 Å². The van der Waals surface area contributed by atoms with E-state index in [9.17, 15) is 9.59 Å². The molecular formula is C18H23N7O2. The minimum Gasteiger partial charge on any atom is -0.347 e. The number of carbonyl (C=O) groups excluding carboxylic acids is 2. The fraction of sp³-hybridized carbons (Fsp3) is 0.500. The van der Waals surface area contributed by atoms with Gasteiger partial charge in [-0.1, -0.05) is 0 Å². The van der Waals surface area contributed by atoms with Gasteiger partial charge >= 0.3 is 0 Å². The fourth-order valence-electron chi connectivity index (χ4n) is 4.17. The maximum Gasteiger partial charge on any atom is 0.271 e. The van der Waals surface area contributed by atoms with Crippen molar-refractivity contribution >= 4 is 11.8 Å². The van der Waals surface area contributed by atoms with Crippen LogP contribution in [0.3, 0.4) is 0 Å². The molecule has 0 bridgehead atoms. The van der Waals surface area contributed by atoms with Crippen molar-refractivity contribution in [3.63, 3.8) is 0 Å². The lowest BCUT2D eigenvalue weighted by Crippen LogP contribution is -2.57. The normalized spacial score (nSPS) is 25.0. The molecule has 4 heterocycles. The number of H-pyrrole nitrogens is 1. The molecule has 2 atom stereocenters. The largest absolute Gasteiger partial charge is 0.347 e. The van der Waals surface area contributed by atoms with E-state index in [0.717, 1.165) is 31.6 Å². The van der Waals surface area contributed by atoms with Gasteiger partial charge < -0.3 is 15.6 Å². The van der Waals surface area contributed by atoms with Crippen LogP contribution in [0.2, 0.25) is 0 Å². The molecule has 2 aromatic heterocycles. The van der Waals surface area contributed by atoms with E-state index in [4.69, 9.17) is 0 Å². The van der Waals surface area contributed by atoms with Gasteiger partial charge in [-0.05, 0) is 32.2 Å². The minimum atomic E-state index is -0.564. The van der Waals surface area contributed by atoms with Crippen LogP contribution in [0.1, 0.15) is 42.0 Å². The van der Waals surface area contributed by atoms with Gasteiger partial charge in [-0.25, -0.2) is 9.97 Å². The van der Waals surface area contributed by atoms with Gasteiger partial charge in [0.1, 0.15) is 17.1 Å². The van der Waals surface area contributed by atoms with Crippen molar-refractivity contribution < 1.29 is 9.59 Å². The van der Waals surface area contributed by atoms with E-state index in [1.807, 2.05) is 0 Å². The van der Waals surface area contributed by atoms with Crippen LogP contribution in [0.15, 0.2) is 31.0 Å². The zero-order valence-corrected chi connectivity index (χ0v) is 15.0. The predicted molar refractivity (Wildman–Crippen MR) is 96.5 cm³/mol. The van der Waals surface area contributed by atoms with Crippen LogP contribution >= 0.6 is 0 Å². The molecular weight excluding hydrogens is 346 g/mol. The molecule has 4 rings (SSSR count). The van der Waals surface area contributed by atoms with Crippen molar-refractivity contribution in [2.24, 2.45) is 0 Å². The van der Waals surface area contributed by atoms with Crippen LogP contribution in [0.5, 0.6) is 0 Å². The highest BCUT2D eigenvalue weighted by molar-refractivity contribution is 5.92. The first-order valence-corrected chi connectivity index (χ1v) is 9.26. The molecule has 3 N–H and O–H groups in total. The molecule has 2 fully saturated rings. The summed E-state index contributed by atoms with van der Waals surface area (Å²) in [4.78, 5) is 42.8. The molecule has 0 spiro atoms. The number of nitrogens with zero attached hydrogens (tertiary/aromatic N) is 4. The molecule has 0 aromatic carbocycles. The Labute approximate surface area is 157 Å². The van der Waals surface area contributed by atoms with Crippen molar-refractivity contribution in [3.05, 3.63) is 42.5 Å². The maximum absolute atomic E-state index is 13.1. The second-order valence-corrected chi connectivity index (χ2v) is 7.12. The van der Waals surface area contributed by atoms with Crippen molar-refractivity contribution in [1.82, 2.24) is 35.5 Å². The zero-order valence-electron chi connectivity index (χ0n) is 15.0. The third kappa shape index (κ3) is 3.55. The standard InChI is InChI=1S/C18H23N7O2/c26-16(14-10-19-4-5-20-14)24-13-9-18(3-1-2-8-25(18)12-13)17(27)23-11-15-21-6-7-22-15/h4-7,10,13H,1-3,8-9,11-12H2,(H,21,22)(H,23,27)(H,24,26)/t13?,18-/m0/s1. The highest BCUT2D eigenvalue weighted by Crippen LogP contribution is 2.38. The predicted octanol–water partition coefficient (Wildman–Crippen LogP) is 0.243. The van der Waals surface area contributed by atoms with E-state index in [-0.39, 0.29) is 17.9 Å². The topological polar surface area (TPSA) is 116 Å². The van der Waals surface area contributed by atoms with Gasteiger partial charge in [-0.15, -0.1) is 0 Å². The monoisotopic (exact) mass is 369 g/mol. The Morgan fingerprint density at radius 2 is 2.19 bits per heavy atom. The van der Waals surface area contributed by atoms with Gasteiger partial charge in [0.05, 0.1) is 12.7 Å². The number of carbonyl (C=O) groups is 2. The first-order chi connectivity index (χ1) is 13.2. The smallest absolute Gasteiger partial charge is 0.271 e. The van der Waals surface area contributed by atoms with Gasteiger partial charge in [0.2, 0.25) is 5.91 Å². The lowest BCUT2D eigenvalue weighted by molar-refractivity contribution is -0.134. The lowest BCUT2D eigenvalue weighted by atomic mass is 9.84. The third-order valence-corrected chi connectivity index (χ3v) is 5.42. The number of aromatic nitrogens is 4. The molecule has 9 heteroatoms. The number of aromatic amines is 1. The number of piperidine rings is 1. The summed E-state index contributed by atoms with van der Waals surface area (Å²) in [6, 6.07) is -0.0908. The van der Waals surface area contributed by atoms with Gasteiger partial charge in [-0.3, -0.25) is 19.5 Å². The quantitative estimate of drug-likeness (QED) is 0.695. The molecule has 2 aliphatic heterocycles. The van der Waals surface area contributed by atoms with Crippen molar-refractivity contribution in [1.29, 1.82) is 0 Å². The zero-order chi connectivity index (χ0) is 18.7. The summed E-state index contributed by atoms with van der Waals surface area (Å²) in [5.41, 5.74) is -0.274. The van der Waals surface area contributed by atoms with E-state index in [1.54, 1.807) is 12.4 Å². The van der Waals surface area contributed by atoms with E-state index < -0.39 is 5.54 Å². The number of amides is 2. The highest BCUT2D eigenvalue weighted by atomic mass is 16.2. The Morgan fingerprint density at radius 1 is 1.26 bits per heavy atom. The average molecular weight is 369 g/mol. The molecule has 0 radical (unpaired) electrons. The second-order valence-electron chi connectivity index (χ2n) is 7.12. The van der Waals surface area contributed by atoms with Crippen molar-refractivity contribution in [2.45, 2.75) is 43.8 Å². The summed E-state index contributed by atoms with van der Waals surface area (Å²) >= 11 is 0. The number of hydrogen-bond acceptors (Lipinski definition) is 6. The minimum absolute atomic E-state index is 0.00912. The molecule has 2 aliphatic rings. The van der Waals surface area contributed by atoms with Gasteiger partial charge in [0, 0.05) is 37.4 Å². The Balaban J connectivity index is 1.44. The van der Waals surface area contributed by atoms with Crippen molar-refractivity contribution in [3.8, 4) is 0 Å². The fourth-order valence-corrected chi connectivity index (χ4v) is 4.17. The van der Waals surface area contributed by atoms with Crippen LogP contribution < -0.4 is 10.6 Å². The van der Waals surface area contributed by atoms with Crippen LogP contribution in [0, 0.1) is 0 Å². The van der Waals surface area contributed by atoms with Crippen molar-refractivity contribution in [2.75, 3.05) is 13.1 Å². The molecule has 27 heavy (non-hydrogen) atoms. The lowest BCUT2D eigenvalue weighted by Gasteiger charge is -2.40. The summed E-state index contributed by atoms with van der Waals surface area (Å²) < 4.78 is 0. The summed E-state index contributed by atoms with van der Waals surface area (Å²) in [7, 11) is 0. The van der Waals surface area contributed by atoms with E-state index >= 15 is 0 Å². The molecule has 2 saturated heterocycles. The van der Waals surface area contributed by atoms with E-state index in [2.05, 4.69) is 35.5 Å². The van der Waals surface area contributed by atoms with Gasteiger partial charge in [-0.2, -0.15) is 0 Å². The number of fused-ring (bicyclic) bond motifs is 1. The summed E-state index contributed by atoms with van der Waals surface area (Å²) in [5, 5.41) is 6.03. The third-order valence-electron chi connectivity index (χ3n) is 5.42. The molecule has 2 aromatic rings. The summed E-state index contributed by atoms with van der Waals surface area (Å²) in [6.45, 7) is 1.91. The molecule has 9 nitrogen and oxygen atoms in total. The SMILES string of the molecule is O=C(NC1CN2CCCC[C@@]2(C(=O)NCc2ncc[nH]2)C1)c1cnccn1. The first kappa shape index (κ1) is 17.6. The second kappa shape index (κ2) is 7.43. The number of hydrogen-bond donors (Lipinski definition) is 3. The molecule has 2 amide bonds. The highest BCUT2D eigenvalue weighted by Gasteiger charge is 2.52. The summed E-state index contributed by atoms with van der Waals surface area (Å²) in [6.07, 6.45) is 11.4. The van der Waals surface area contributed by atoms with Crippen LogP contribution in [0.25, 0.3) is 0 Å². The summed E-state index contributed by atoms with van der Waals surface area (Å²) in [5.74, 6) is 0.488. The Hall–Kier alpha value is -2.81. The molecule has 142 valence electrons. The molecule has 1 unspecified atom stereocenters.